The van der Waals surface area contributed by atoms with E-state index in [-0.39, 0.29) is 11.7 Å². The number of amides is 1. The summed E-state index contributed by atoms with van der Waals surface area (Å²) in [6.45, 7) is 1.80. The molecule has 6 nitrogen and oxygen atoms in total. The van der Waals surface area contributed by atoms with Gasteiger partial charge in [-0.25, -0.2) is 4.39 Å². The van der Waals surface area contributed by atoms with Gasteiger partial charge in [0.1, 0.15) is 11.6 Å². The van der Waals surface area contributed by atoms with Gasteiger partial charge in [-0.1, -0.05) is 48.2 Å². The highest BCUT2D eigenvalue weighted by molar-refractivity contribution is 8.00. The Morgan fingerprint density at radius 3 is 2.50 bits per heavy atom. The minimum atomic E-state index is -0.465. The van der Waals surface area contributed by atoms with E-state index in [1.807, 2.05) is 47.0 Å². The Kier molecular flexibility index (Phi) is 6.51. The van der Waals surface area contributed by atoms with E-state index in [0.29, 0.717) is 28.1 Å². The van der Waals surface area contributed by atoms with Gasteiger partial charge in [0.25, 0.3) is 0 Å². The number of benzene rings is 3. The Bertz CT molecular complexity index is 1210. The van der Waals surface area contributed by atoms with Gasteiger partial charge in [0, 0.05) is 23.0 Å². The highest BCUT2D eigenvalue weighted by Gasteiger charge is 2.22. The van der Waals surface area contributed by atoms with Crippen LogP contribution in [0, 0.1) is 5.82 Å². The summed E-state index contributed by atoms with van der Waals surface area (Å²) in [5, 5.41) is 11.6. The number of methoxy groups -OCH3 is 1. The molecular weight excluding hydrogens is 427 g/mol. The first-order chi connectivity index (χ1) is 15.5. The van der Waals surface area contributed by atoms with Crippen LogP contribution in [-0.2, 0) is 4.79 Å². The van der Waals surface area contributed by atoms with Crippen LogP contribution in [-0.4, -0.2) is 33.0 Å². The maximum absolute atomic E-state index is 13.5. The number of thioether (sulfide) groups is 1. The van der Waals surface area contributed by atoms with Crippen LogP contribution < -0.4 is 10.1 Å². The van der Waals surface area contributed by atoms with Gasteiger partial charge in [0.15, 0.2) is 11.0 Å². The highest BCUT2D eigenvalue weighted by Crippen LogP contribution is 2.30. The first-order valence-electron chi connectivity index (χ1n) is 9.93. The molecule has 1 amide bonds. The predicted molar refractivity (Wildman–Crippen MR) is 124 cm³/mol. The maximum Gasteiger partial charge on any atom is 0.237 e. The number of hydrogen-bond acceptors (Lipinski definition) is 5. The second kappa shape index (κ2) is 9.65. The van der Waals surface area contributed by atoms with Crippen molar-refractivity contribution in [1.82, 2.24) is 14.8 Å². The van der Waals surface area contributed by atoms with Crippen molar-refractivity contribution in [2.24, 2.45) is 0 Å². The summed E-state index contributed by atoms with van der Waals surface area (Å²) in [5.41, 5.74) is 2.22. The summed E-state index contributed by atoms with van der Waals surface area (Å²) in [7, 11) is 1.58. The quantitative estimate of drug-likeness (QED) is 0.394. The third kappa shape index (κ3) is 4.81. The summed E-state index contributed by atoms with van der Waals surface area (Å²) in [6.07, 6.45) is 0. The van der Waals surface area contributed by atoms with Crippen LogP contribution in [0.3, 0.4) is 0 Å². The molecule has 8 heteroatoms. The number of hydrogen-bond donors (Lipinski definition) is 1. The van der Waals surface area contributed by atoms with E-state index in [4.69, 9.17) is 4.74 Å². The van der Waals surface area contributed by atoms with E-state index < -0.39 is 5.25 Å². The van der Waals surface area contributed by atoms with E-state index in [9.17, 15) is 9.18 Å². The number of carbonyl (C=O) groups is 1. The topological polar surface area (TPSA) is 69.0 Å². The Morgan fingerprint density at radius 2 is 1.78 bits per heavy atom. The van der Waals surface area contributed by atoms with Crippen molar-refractivity contribution in [1.29, 1.82) is 0 Å². The molecular formula is C24H21FN4O2S. The predicted octanol–water partition coefficient (Wildman–Crippen LogP) is 5.20. The lowest BCUT2D eigenvalue weighted by Gasteiger charge is -2.14. The molecule has 4 rings (SSSR count). The molecule has 0 bridgehead atoms. The summed E-state index contributed by atoms with van der Waals surface area (Å²) in [5.74, 6) is 0.758. The van der Waals surface area contributed by atoms with Crippen LogP contribution in [0.5, 0.6) is 5.75 Å². The van der Waals surface area contributed by atoms with Crippen molar-refractivity contribution < 1.29 is 13.9 Å². The fourth-order valence-corrected chi connectivity index (χ4v) is 3.97. The summed E-state index contributed by atoms with van der Waals surface area (Å²) < 4.78 is 20.6. The third-order valence-electron chi connectivity index (χ3n) is 4.74. The molecule has 1 N–H and O–H groups in total. The number of nitrogens with zero attached hydrogens (tertiary/aromatic N) is 3. The number of rotatable bonds is 7. The SMILES string of the molecule is COc1cccc(NC(=O)C(C)Sc2nnc(-c3ccccc3)n2-c2ccc(F)cc2)c1. The van der Waals surface area contributed by atoms with Crippen LogP contribution in [0.4, 0.5) is 10.1 Å². The van der Waals surface area contributed by atoms with E-state index in [2.05, 4.69) is 15.5 Å². The lowest BCUT2D eigenvalue weighted by molar-refractivity contribution is -0.115. The van der Waals surface area contributed by atoms with Gasteiger partial charge in [-0.2, -0.15) is 0 Å². The average Bonchev–Trinajstić information content (AvgIpc) is 3.23. The Hall–Kier alpha value is -3.65. The third-order valence-corrected chi connectivity index (χ3v) is 5.78. The van der Waals surface area contributed by atoms with Crippen molar-refractivity contribution >= 4 is 23.4 Å². The number of anilines is 1. The zero-order valence-electron chi connectivity index (χ0n) is 17.5. The van der Waals surface area contributed by atoms with Crippen LogP contribution in [0.15, 0.2) is 84.0 Å². The van der Waals surface area contributed by atoms with E-state index >= 15 is 0 Å². The fraction of sp³-hybridized carbons (Fsp3) is 0.125. The molecule has 3 aromatic carbocycles. The van der Waals surface area contributed by atoms with E-state index in [0.717, 1.165) is 5.56 Å². The van der Waals surface area contributed by atoms with Crippen LogP contribution in [0.2, 0.25) is 0 Å². The molecule has 1 heterocycles. The van der Waals surface area contributed by atoms with E-state index in [1.54, 1.807) is 38.3 Å². The Labute approximate surface area is 189 Å². The van der Waals surface area contributed by atoms with Crippen molar-refractivity contribution in [2.75, 3.05) is 12.4 Å². The molecule has 4 aromatic rings. The van der Waals surface area contributed by atoms with Gasteiger partial charge < -0.3 is 10.1 Å². The molecule has 0 aliphatic rings. The molecule has 0 saturated heterocycles. The molecule has 1 aromatic heterocycles. The first kappa shape index (κ1) is 21.6. The molecule has 32 heavy (non-hydrogen) atoms. The lowest BCUT2D eigenvalue weighted by atomic mass is 10.2. The van der Waals surface area contributed by atoms with E-state index in [1.165, 1.54) is 23.9 Å². The van der Waals surface area contributed by atoms with Gasteiger partial charge in [-0.3, -0.25) is 9.36 Å². The normalized spacial score (nSPS) is 11.7. The van der Waals surface area contributed by atoms with Gasteiger partial charge >= 0.3 is 0 Å². The number of aromatic nitrogens is 3. The van der Waals surface area contributed by atoms with Crippen molar-refractivity contribution in [3.05, 3.63) is 84.7 Å². The smallest absolute Gasteiger partial charge is 0.237 e. The Balaban J connectivity index is 1.62. The number of ether oxygens (including phenoxy) is 1. The summed E-state index contributed by atoms with van der Waals surface area (Å²) >= 11 is 1.27. The maximum atomic E-state index is 13.5. The highest BCUT2D eigenvalue weighted by atomic mass is 32.2. The van der Waals surface area contributed by atoms with Crippen LogP contribution >= 0.6 is 11.8 Å². The number of nitrogens with one attached hydrogen (secondary N) is 1. The first-order valence-corrected chi connectivity index (χ1v) is 10.8. The van der Waals surface area contributed by atoms with Crippen molar-refractivity contribution in [3.8, 4) is 22.8 Å². The van der Waals surface area contributed by atoms with Gasteiger partial charge in [-0.05, 0) is 43.3 Å². The van der Waals surface area contributed by atoms with Gasteiger partial charge in [-0.15, -0.1) is 10.2 Å². The molecule has 1 atom stereocenters. The van der Waals surface area contributed by atoms with Gasteiger partial charge in [0.05, 0.1) is 12.4 Å². The lowest BCUT2D eigenvalue weighted by Crippen LogP contribution is -2.22. The van der Waals surface area contributed by atoms with Crippen LogP contribution in [0.1, 0.15) is 6.92 Å². The molecule has 0 saturated carbocycles. The van der Waals surface area contributed by atoms with Crippen molar-refractivity contribution in [2.45, 2.75) is 17.3 Å². The van der Waals surface area contributed by atoms with Crippen LogP contribution in [0.25, 0.3) is 17.1 Å². The number of carbonyl (C=O) groups excluding carboxylic acids is 1. The minimum absolute atomic E-state index is 0.182. The molecule has 162 valence electrons. The Morgan fingerprint density at radius 1 is 1.03 bits per heavy atom. The minimum Gasteiger partial charge on any atom is -0.497 e. The number of halogens is 1. The molecule has 0 aliphatic heterocycles. The zero-order chi connectivity index (χ0) is 22.5. The zero-order valence-corrected chi connectivity index (χ0v) is 18.3. The molecule has 0 aliphatic carbocycles. The fourth-order valence-electron chi connectivity index (χ4n) is 3.10. The molecule has 0 radical (unpaired) electrons. The largest absolute Gasteiger partial charge is 0.497 e. The molecule has 0 spiro atoms. The summed E-state index contributed by atoms with van der Waals surface area (Å²) in [6, 6.07) is 22.9. The second-order valence-electron chi connectivity index (χ2n) is 6.97. The van der Waals surface area contributed by atoms with Gasteiger partial charge in [0.2, 0.25) is 5.91 Å². The molecule has 0 fully saturated rings. The monoisotopic (exact) mass is 448 g/mol. The standard InChI is InChI=1S/C24H21FN4O2S/c1-16(23(30)26-19-9-6-10-21(15-19)31-2)32-24-28-27-22(17-7-4-3-5-8-17)29(24)20-13-11-18(25)12-14-20/h3-16H,1-2H3,(H,26,30). The van der Waals surface area contributed by atoms with Crippen molar-refractivity contribution in [3.63, 3.8) is 0 Å². The second-order valence-corrected chi connectivity index (χ2v) is 8.27. The molecule has 1 unspecified atom stereocenters. The summed E-state index contributed by atoms with van der Waals surface area (Å²) in [4.78, 5) is 12.8. The average molecular weight is 449 g/mol.